The van der Waals surface area contributed by atoms with E-state index in [1.165, 1.54) is 11.8 Å². The van der Waals surface area contributed by atoms with E-state index in [9.17, 15) is 4.79 Å². The molecule has 1 aromatic carbocycles. The van der Waals surface area contributed by atoms with Crippen molar-refractivity contribution in [2.24, 2.45) is 10.5 Å². The highest BCUT2D eigenvalue weighted by Crippen LogP contribution is 2.20. The van der Waals surface area contributed by atoms with E-state index in [1.54, 1.807) is 6.21 Å². The second-order valence-electron chi connectivity index (χ2n) is 5.52. The minimum absolute atomic E-state index is 0.149. The summed E-state index contributed by atoms with van der Waals surface area (Å²) in [5, 5.41) is 13.3. The fraction of sp³-hybridized carbons (Fsp3) is 0.438. The summed E-state index contributed by atoms with van der Waals surface area (Å²) >= 11 is 7.54. The van der Waals surface area contributed by atoms with E-state index in [2.05, 4.69) is 16.6 Å². The molecule has 0 spiro atoms. The number of benzene rings is 1. The molecule has 0 aliphatic heterocycles. The average Bonchev–Trinajstić information content (AvgIpc) is 2.47. The molecule has 1 N–H and O–H groups in total. The van der Waals surface area contributed by atoms with Crippen LogP contribution in [0, 0.1) is 16.7 Å². The van der Waals surface area contributed by atoms with Crippen LogP contribution in [0.15, 0.2) is 29.4 Å². The van der Waals surface area contributed by atoms with Crippen LogP contribution in [-0.2, 0) is 10.5 Å². The fourth-order valence-corrected chi connectivity index (χ4v) is 2.73. The van der Waals surface area contributed by atoms with Crippen molar-refractivity contribution in [1.29, 1.82) is 5.26 Å². The third kappa shape index (κ3) is 7.48. The van der Waals surface area contributed by atoms with Gasteiger partial charge in [0.25, 0.3) is 0 Å². The summed E-state index contributed by atoms with van der Waals surface area (Å²) in [6, 6.07) is 9.70. The molecule has 0 aliphatic rings. The first-order valence-corrected chi connectivity index (χ1v) is 8.49. The third-order valence-electron chi connectivity index (χ3n) is 2.93. The maximum absolute atomic E-state index is 11.7. The molecule has 6 heteroatoms. The van der Waals surface area contributed by atoms with Gasteiger partial charge in [-0.15, -0.1) is 11.8 Å². The van der Waals surface area contributed by atoms with Gasteiger partial charge in [-0.05, 0) is 18.1 Å². The molecule has 0 heterocycles. The first-order valence-electron chi connectivity index (χ1n) is 6.96. The van der Waals surface area contributed by atoms with Crippen LogP contribution >= 0.6 is 23.4 Å². The highest BCUT2D eigenvalue weighted by molar-refractivity contribution is 7.99. The van der Waals surface area contributed by atoms with Crippen LogP contribution in [0.4, 0.5) is 0 Å². The van der Waals surface area contributed by atoms with E-state index in [-0.39, 0.29) is 11.3 Å². The quantitative estimate of drug-likeness (QED) is 0.576. The Morgan fingerprint density at radius 3 is 2.91 bits per heavy atom. The van der Waals surface area contributed by atoms with Crippen molar-refractivity contribution in [3.8, 4) is 6.07 Å². The number of rotatable bonds is 8. The molecule has 22 heavy (non-hydrogen) atoms. The largest absolute Gasteiger partial charge is 0.272 e. The zero-order valence-electron chi connectivity index (χ0n) is 12.8. The molecule has 0 atom stereocenters. The molecule has 1 aromatic rings. The van der Waals surface area contributed by atoms with Crippen molar-refractivity contribution >= 4 is 35.5 Å². The number of carbonyl (C=O) groups excluding carboxylic acids is 1. The Balaban J connectivity index is 2.29. The van der Waals surface area contributed by atoms with Gasteiger partial charge < -0.3 is 0 Å². The van der Waals surface area contributed by atoms with Gasteiger partial charge in [-0.3, -0.25) is 4.79 Å². The summed E-state index contributed by atoms with van der Waals surface area (Å²) < 4.78 is 0. The Bertz CT molecular complexity index is 567. The van der Waals surface area contributed by atoms with Gasteiger partial charge in [0.1, 0.15) is 0 Å². The van der Waals surface area contributed by atoms with Crippen LogP contribution in [0.3, 0.4) is 0 Å². The van der Waals surface area contributed by atoms with Crippen molar-refractivity contribution in [1.82, 2.24) is 5.43 Å². The number of carbonyl (C=O) groups is 1. The highest BCUT2D eigenvalue weighted by atomic mass is 35.5. The predicted molar refractivity (Wildman–Crippen MR) is 92.9 cm³/mol. The van der Waals surface area contributed by atoms with Gasteiger partial charge in [-0.1, -0.05) is 43.6 Å². The molecule has 118 valence electrons. The lowest BCUT2D eigenvalue weighted by Crippen LogP contribution is -2.22. The predicted octanol–water partition coefficient (Wildman–Crippen LogP) is 4.01. The minimum atomic E-state index is -0.201. The van der Waals surface area contributed by atoms with E-state index in [0.29, 0.717) is 29.4 Å². The molecule has 1 amide bonds. The van der Waals surface area contributed by atoms with Gasteiger partial charge >= 0.3 is 0 Å². The van der Waals surface area contributed by atoms with E-state index in [1.807, 2.05) is 38.1 Å². The second kappa shape index (κ2) is 9.50. The number of nitriles is 1. The van der Waals surface area contributed by atoms with Crippen LogP contribution in [-0.4, -0.2) is 17.9 Å². The summed E-state index contributed by atoms with van der Waals surface area (Å²) in [5.74, 6) is 0.857. The maximum atomic E-state index is 11.7. The lowest BCUT2D eigenvalue weighted by atomic mass is 9.90. The van der Waals surface area contributed by atoms with Crippen molar-refractivity contribution in [3.63, 3.8) is 0 Å². The van der Waals surface area contributed by atoms with Crippen molar-refractivity contribution < 1.29 is 4.79 Å². The molecule has 0 radical (unpaired) electrons. The van der Waals surface area contributed by atoms with Gasteiger partial charge in [0.15, 0.2) is 0 Å². The lowest BCUT2D eigenvalue weighted by Gasteiger charge is -2.16. The molecule has 0 bridgehead atoms. The maximum Gasteiger partial charge on any atom is 0.250 e. The van der Waals surface area contributed by atoms with E-state index in [0.717, 1.165) is 5.56 Å². The third-order valence-corrected chi connectivity index (χ3v) is 4.28. The normalized spacial score (nSPS) is 11.4. The van der Waals surface area contributed by atoms with Gasteiger partial charge in [-0.2, -0.15) is 10.4 Å². The number of nitrogens with zero attached hydrogens (tertiary/aromatic N) is 2. The summed E-state index contributed by atoms with van der Waals surface area (Å²) in [5.41, 5.74) is 3.33. The number of thioether (sulfide) groups is 1. The van der Waals surface area contributed by atoms with E-state index in [4.69, 9.17) is 16.9 Å². The summed E-state index contributed by atoms with van der Waals surface area (Å²) in [6.07, 6.45) is 2.87. The summed E-state index contributed by atoms with van der Waals surface area (Å²) in [6.45, 7) is 3.96. The Morgan fingerprint density at radius 2 is 2.23 bits per heavy atom. The number of hydrazone groups is 1. The Morgan fingerprint density at radius 1 is 1.50 bits per heavy atom. The molecule has 0 aromatic heterocycles. The van der Waals surface area contributed by atoms with Crippen LogP contribution in [0.1, 0.15) is 32.3 Å². The summed E-state index contributed by atoms with van der Waals surface area (Å²) in [7, 11) is 0. The fourth-order valence-electron chi connectivity index (χ4n) is 1.62. The molecule has 0 fully saturated rings. The summed E-state index contributed by atoms with van der Waals surface area (Å²) in [4.78, 5) is 11.7. The lowest BCUT2D eigenvalue weighted by molar-refractivity contribution is -0.118. The van der Waals surface area contributed by atoms with E-state index >= 15 is 0 Å². The molecule has 0 unspecified atom stereocenters. The minimum Gasteiger partial charge on any atom is -0.272 e. The van der Waals surface area contributed by atoms with E-state index < -0.39 is 0 Å². The van der Waals surface area contributed by atoms with Gasteiger partial charge in [-0.25, -0.2) is 5.43 Å². The van der Waals surface area contributed by atoms with Gasteiger partial charge in [0.05, 0.1) is 11.8 Å². The monoisotopic (exact) mass is 337 g/mol. The molecule has 1 rings (SSSR count). The van der Waals surface area contributed by atoms with Gasteiger partial charge in [0, 0.05) is 28.8 Å². The van der Waals surface area contributed by atoms with Crippen molar-refractivity contribution in [2.45, 2.75) is 32.4 Å². The molecular formula is C16H20ClN3OS. The number of hydrogen-bond acceptors (Lipinski definition) is 4. The Kier molecular flexibility index (Phi) is 8.00. The zero-order valence-corrected chi connectivity index (χ0v) is 14.4. The molecule has 0 saturated heterocycles. The first-order chi connectivity index (χ1) is 10.4. The topological polar surface area (TPSA) is 65.2 Å². The zero-order chi connectivity index (χ0) is 16.4. The van der Waals surface area contributed by atoms with Crippen LogP contribution < -0.4 is 5.43 Å². The smallest absolute Gasteiger partial charge is 0.250 e. The van der Waals surface area contributed by atoms with Crippen LogP contribution in [0.2, 0.25) is 5.02 Å². The van der Waals surface area contributed by atoms with Crippen molar-refractivity contribution in [2.75, 3.05) is 5.75 Å². The number of amides is 1. The number of halogens is 1. The Hall–Kier alpha value is -1.51. The van der Waals surface area contributed by atoms with Crippen LogP contribution in [0.5, 0.6) is 0 Å². The van der Waals surface area contributed by atoms with Gasteiger partial charge in [0.2, 0.25) is 5.91 Å². The molecule has 0 saturated carbocycles. The first kappa shape index (κ1) is 18.5. The molecule has 4 nitrogen and oxygen atoms in total. The highest BCUT2D eigenvalue weighted by Gasteiger charge is 2.14. The SMILES string of the molecule is CC(C)(/C=N\NC(=O)CSCc1ccccc1Cl)CCC#N. The number of nitrogens with one attached hydrogen (secondary N) is 1. The molecular weight excluding hydrogens is 318 g/mol. The Labute approximate surface area is 140 Å². The average molecular weight is 338 g/mol. The second-order valence-corrected chi connectivity index (χ2v) is 6.92. The van der Waals surface area contributed by atoms with Crippen molar-refractivity contribution in [3.05, 3.63) is 34.9 Å². The molecule has 0 aliphatic carbocycles. The van der Waals surface area contributed by atoms with Crippen LogP contribution in [0.25, 0.3) is 0 Å². The standard InChI is InChI=1S/C16H20ClN3OS/c1-16(2,8-5-9-18)12-19-20-15(21)11-22-10-13-6-3-4-7-14(13)17/h3-4,6-7,12H,5,8,10-11H2,1-2H3,(H,20,21)/b19-12-. The number of hydrogen-bond donors (Lipinski definition) is 1.